The second-order valence-electron chi connectivity index (χ2n) is 7.42. The van der Waals surface area contributed by atoms with E-state index in [1.165, 1.54) is 16.7 Å². The average Bonchev–Trinajstić information content (AvgIpc) is 3.03. The first-order valence-corrected chi connectivity index (χ1v) is 11.5. The van der Waals surface area contributed by atoms with E-state index in [1.807, 2.05) is 20.0 Å². The molecular weight excluding hydrogens is 356 g/mol. The van der Waals surface area contributed by atoms with Crippen LogP contribution in [0.25, 0.3) is 0 Å². The van der Waals surface area contributed by atoms with Gasteiger partial charge in [-0.15, -0.1) is 0 Å². The predicted octanol–water partition coefficient (Wildman–Crippen LogP) is 3.38. The molecular formula is C22H30N2O2S. The van der Waals surface area contributed by atoms with Gasteiger partial charge in [-0.1, -0.05) is 61.9 Å². The molecule has 0 radical (unpaired) electrons. The minimum Gasteiger partial charge on any atom is -0.316 e. The standard InChI is InChI=1S/C22H30N2O2S/c1-3-4-12-27(25,26)24-16-18-10-11-19-15-22(23-2)21(20(19)14-18)13-17-8-6-5-7-9-17/h5-11,14,21-24H,3-4,12-13,15-16H2,1-2H3. The molecule has 3 rings (SSSR count). The summed E-state index contributed by atoms with van der Waals surface area (Å²) in [6.45, 7) is 2.36. The maximum Gasteiger partial charge on any atom is 0.211 e. The molecule has 5 heteroatoms. The minimum absolute atomic E-state index is 0.201. The number of nitrogens with one attached hydrogen (secondary N) is 2. The van der Waals surface area contributed by atoms with Crippen molar-refractivity contribution in [1.29, 1.82) is 0 Å². The molecule has 1 aliphatic carbocycles. The van der Waals surface area contributed by atoms with Gasteiger partial charge in [0, 0.05) is 18.5 Å². The molecule has 146 valence electrons. The van der Waals surface area contributed by atoms with Crippen LogP contribution >= 0.6 is 0 Å². The summed E-state index contributed by atoms with van der Waals surface area (Å²) in [5.74, 6) is 0.608. The van der Waals surface area contributed by atoms with Crippen molar-refractivity contribution in [1.82, 2.24) is 10.0 Å². The van der Waals surface area contributed by atoms with Gasteiger partial charge >= 0.3 is 0 Å². The molecule has 2 aromatic carbocycles. The van der Waals surface area contributed by atoms with Crippen LogP contribution in [0.2, 0.25) is 0 Å². The summed E-state index contributed by atoms with van der Waals surface area (Å²) >= 11 is 0. The highest BCUT2D eigenvalue weighted by molar-refractivity contribution is 7.89. The quantitative estimate of drug-likeness (QED) is 0.695. The fourth-order valence-electron chi connectivity index (χ4n) is 3.90. The Morgan fingerprint density at radius 1 is 1.07 bits per heavy atom. The summed E-state index contributed by atoms with van der Waals surface area (Å²) in [7, 11) is -1.17. The number of rotatable bonds is 9. The number of fused-ring (bicyclic) bond motifs is 1. The Hall–Kier alpha value is -1.69. The molecule has 0 heterocycles. The maximum absolute atomic E-state index is 12.1. The van der Waals surface area contributed by atoms with Gasteiger partial charge < -0.3 is 5.32 Å². The van der Waals surface area contributed by atoms with Crippen LogP contribution in [-0.2, 0) is 29.4 Å². The lowest BCUT2D eigenvalue weighted by molar-refractivity contribution is 0.492. The first-order chi connectivity index (χ1) is 13.0. The van der Waals surface area contributed by atoms with Crippen molar-refractivity contribution in [3.8, 4) is 0 Å². The third-order valence-electron chi connectivity index (χ3n) is 5.47. The van der Waals surface area contributed by atoms with E-state index in [9.17, 15) is 8.42 Å². The van der Waals surface area contributed by atoms with Crippen molar-refractivity contribution < 1.29 is 8.42 Å². The summed E-state index contributed by atoms with van der Waals surface area (Å²) in [6, 6.07) is 17.4. The molecule has 2 unspecified atom stereocenters. The molecule has 2 aromatic rings. The van der Waals surface area contributed by atoms with Gasteiger partial charge in [0.2, 0.25) is 10.0 Å². The van der Waals surface area contributed by atoms with Crippen molar-refractivity contribution in [2.75, 3.05) is 12.8 Å². The van der Waals surface area contributed by atoms with E-state index >= 15 is 0 Å². The first kappa shape index (κ1) is 20.1. The molecule has 27 heavy (non-hydrogen) atoms. The molecule has 0 amide bonds. The van der Waals surface area contributed by atoms with Gasteiger partial charge in [-0.05, 0) is 48.6 Å². The summed E-state index contributed by atoms with van der Waals surface area (Å²) in [5.41, 5.74) is 5.08. The Labute approximate surface area is 163 Å². The van der Waals surface area contributed by atoms with Gasteiger partial charge in [0.1, 0.15) is 0 Å². The summed E-state index contributed by atoms with van der Waals surface area (Å²) in [4.78, 5) is 0. The van der Waals surface area contributed by atoms with E-state index in [0.29, 0.717) is 24.9 Å². The number of likely N-dealkylation sites (N-methyl/N-ethyl adjacent to an activating group) is 1. The zero-order chi connectivity index (χ0) is 19.3. The normalized spacial score (nSPS) is 19.2. The molecule has 1 aliphatic rings. The molecule has 2 atom stereocenters. The summed E-state index contributed by atoms with van der Waals surface area (Å²) in [6.07, 6.45) is 3.59. The Balaban J connectivity index is 1.76. The Bertz CT molecular complexity index is 850. The highest BCUT2D eigenvalue weighted by atomic mass is 32.2. The smallest absolute Gasteiger partial charge is 0.211 e. The van der Waals surface area contributed by atoms with Crippen LogP contribution in [0.3, 0.4) is 0 Å². The van der Waals surface area contributed by atoms with Gasteiger partial charge in [-0.25, -0.2) is 13.1 Å². The maximum atomic E-state index is 12.1. The van der Waals surface area contributed by atoms with Crippen LogP contribution in [0, 0.1) is 0 Å². The molecule has 0 bridgehead atoms. The molecule has 2 N–H and O–H groups in total. The zero-order valence-corrected chi connectivity index (χ0v) is 17.1. The summed E-state index contributed by atoms with van der Waals surface area (Å²) in [5, 5.41) is 3.47. The van der Waals surface area contributed by atoms with Crippen molar-refractivity contribution in [3.05, 3.63) is 70.8 Å². The van der Waals surface area contributed by atoms with E-state index in [0.717, 1.165) is 24.8 Å². The topological polar surface area (TPSA) is 58.2 Å². The molecule has 0 aliphatic heterocycles. The van der Waals surface area contributed by atoms with Gasteiger partial charge in [0.05, 0.1) is 5.75 Å². The monoisotopic (exact) mass is 386 g/mol. The van der Waals surface area contributed by atoms with Crippen LogP contribution in [0.15, 0.2) is 48.5 Å². The summed E-state index contributed by atoms with van der Waals surface area (Å²) < 4.78 is 26.9. The number of hydrogen-bond donors (Lipinski definition) is 2. The second kappa shape index (κ2) is 9.00. The largest absolute Gasteiger partial charge is 0.316 e. The Morgan fingerprint density at radius 3 is 2.56 bits per heavy atom. The number of benzene rings is 2. The molecule has 0 fully saturated rings. The number of unbranched alkanes of at least 4 members (excludes halogenated alkanes) is 1. The van der Waals surface area contributed by atoms with Crippen molar-refractivity contribution >= 4 is 10.0 Å². The lowest BCUT2D eigenvalue weighted by Gasteiger charge is -2.20. The third kappa shape index (κ3) is 5.18. The average molecular weight is 387 g/mol. The van der Waals surface area contributed by atoms with Crippen LogP contribution in [0.4, 0.5) is 0 Å². The predicted molar refractivity (Wildman–Crippen MR) is 111 cm³/mol. The van der Waals surface area contributed by atoms with Gasteiger partial charge in [0.15, 0.2) is 0 Å². The highest BCUT2D eigenvalue weighted by Gasteiger charge is 2.31. The fraction of sp³-hybridized carbons (Fsp3) is 0.455. The van der Waals surface area contributed by atoms with Crippen LogP contribution in [0.5, 0.6) is 0 Å². The van der Waals surface area contributed by atoms with Gasteiger partial charge in [0.25, 0.3) is 0 Å². The van der Waals surface area contributed by atoms with Crippen LogP contribution in [0.1, 0.15) is 47.9 Å². The van der Waals surface area contributed by atoms with Crippen molar-refractivity contribution in [3.63, 3.8) is 0 Å². The molecule has 4 nitrogen and oxygen atoms in total. The van der Waals surface area contributed by atoms with E-state index in [2.05, 4.69) is 52.5 Å². The molecule has 0 spiro atoms. The molecule has 0 saturated heterocycles. The second-order valence-corrected chi connectivity index (χ2v) is 9.35. The van der Waals surface area contributed by atoms with E-state index in [-0.39, 0.29) is 5.75 Å². The SMILES string of the molecule is CCCCS(=O)(=O)NCc1ccc2c(c1)C(Cc1ccccc1)C(NC)C2. The lowest BCUT2D eigenvalue weighted by atomic mass is 9.90. The van der Waals surface area contributed by atoms with E-state index in [1.54, 1.807) is 0 Å². The molecule has 0 aromatic heterocycles. The van der Waals surface area contributed by atoms with Crippen LogP contribution in [-0.4, -0.2) is 27.3 Å². The Kier molecular flexibility index (Phi) is 6.68. The third-order valence-corrected chi connectivity index (χ3v) is 6.88. The zero-order valence-electron chi connectivity index (χ0n) is 16.2. The van der Waals surface area contributed by atoms with E-state index < -0.39 is 10.0 Å². The van der Waals surface area contributed by atoms with Crippen molar-refractivity contribution in [2.45, 2.75) is 51.1 Å². The van der Waals surface area contributed by atoms with E-state index in [4.69, 9.17) is 0 Å². The van der Waals surface area contributed by atoms with Crippen molar-refractivity contribution in [2.24, 2.45) is 0 Å². The number of sulfonamides is 1. The lowest BCUT2D eigenvalue weighted by Crippen LogP contribution is -2.30. The van der Waals surface area contributed by atoms with Gasteiger partial charge in [-0.2, -0.15) is 0 Å². The minimum atomic E-state index is -3.20. The fourth-order valence-corrected chi connectivity index (χ4v) is 5.10. The number of hydrogen-bond acceptors (Lipinski definition) is 3. The molecule has 0 saturated carbocycles. The first-order valence-electron chi connectivity index (χ1n) is 9.82. The van der Waals surface area contributed by atoms with Crippen LogP contribution < -0.4 is 10.0 Å². The highest BCUT2D eigenvalue weighted by Crippen LogP contribution is 2.36. The Morgan fingerprint density at radius 2 is 1.85 bits per heavy atom. The van der Waals surface area contributed by atoms with Gasteiger partial charge in [-0.3, -0.25) is 0 Å².